The molecule has 2 aromatic rings. The molecule has 0 aliphatic carbocycles. The Hall–Kier alpha value is -1.22. The van der Waals surface area contributed by atoms with Gasteiger partial charge in [0.05, 0.1) is 6.33 Å². The molecule has 1 aliphatic rings. The van der Waals surface area contributed by atoms with Crippen LogP contribution in [-0.2, 0) is 10.0 Å². The largest absolute Gasteiger partial charge is 0.396 e. The molecule has 23 heavy (non-hydrogen) atoms. The van der Waals surface area contributed by atoms with Gasteiger partial charge in [-0.15, -0.1) is 0 Å². The van der Waals surface area contributed by atoms with Crippen molar-refractivity contribution < 1.29 is 13.5 Å². The maximum atomic E-state index is 12.8. The van der Waals surface area contributed by atoms with Crippen molar-refractivity contribution >= 4 is 21.4 Å². The van der Waals surface area contributed by atoms with E-state index in [-0.39, 0.29) is 29.5 Å². The highest BCUT2D eigenvalue weighted by Gasteiger charge is 2.40. The van der Waals surface area contributed by atoms with Crippen LogP contribution in [0.1, 0.15) is 31.4 Å². The van der Waals surface area contributed by atoms with E-state index < -0.39 is 10.0 Å². The van der Waals surface area contributed by atoms with E-state index in [0.717, 1.165) is 5.56 Å². The number of aliphatic hydroxyl groups excluding tert-OH is 1. The summed E-state index contributed by atoms with van der Waals surface area (Å²) >= 11 is 1.59. The first-order valence-corrected chi connectivity index (χ1v) is 9.98. The lowest BCUT2D eigenvalue weighted by atomic mass is 9.92. The van der Waals surface area contributed by atoms with Crippen LogP contribution >= 0.6 is 11.3 Å². The van der Waals surface area contributed by atoms with Gasteiger partial charge in [-0.2, -0.15) is 15.6 Å². The number of sulfonamides is 1. The summed E-state index contributed by atoms with van der Waals surface area (Å²) < 4.78 is 28.9. The Balaban J connectivity index is 1.86. The predicted octanol–water partition coefficient (Wildman–Crippen LogP) is 1.92. The molecule has 0 amide bonds. The molecule has 3 rings (SSSR count). The minimum absolute atomic E-state index is 0.0209. The summed E-state index contributed by atoms with van der Waals surface area (Å²) in [5.74, 6) is -0.0419. The van der Waals surface area contributed by atoms with E-state index in [1.54, 1.807) is 28.4 Å². The smallest absolute Gasteiger partial charge is 0.262 e. The van der Waals surface area contributed by atoms with Gasteiger partial charge >= 0.3 is 0 Å². The van der Waals surface area contributed by atoms with Gasteiger partial charge < -0.3 is 9.67 Å². The standard InChI is InChI=1S/C15H21N3O3S2/c1-11(2)17-7-15(16-10-17)23(20,21)18-5-13(8-19)14(6-18)12-3-4-22-9-12/h3-4,7,9-11,13-14,19H,5-6,8H2,1-2H3. The first-order chi connectivity index (χ1) is 10.9. The fraction of sp³-hybridized carbons (Fsp3) is 0.533. The Bertz CT molecular complexity index is 753. The molecule has 2 aromatic heterocycles. The first-order valence-electron chi connectivity index (χ1n) is 7.60. The summed E-state index contributed by atoms with van der Waals surface area (Å²) in [6.45, 7) is 4.64. The minimum atomic E-state index is -3.62. The average molecular weight is 355 g/mol. The van der Waals surface area contributed by atoms with Crippen molar-refractivity contribution in [3.8, 4) is 0 Å². The van der Waals surface area contributed by atoms with Crippen LogP contribution in [0.4, 0.5) is 0 Å². The normalized spacial score (nSPS) is 23.0. The molecule has 6 nitrogen and oxygen atoms in total. The van der Waals surface area contributed by atoms with Crippen molar-refractivity contribution in [2.45, 2.75) is 30.8 Å². The van der Waals surface area contributed by atoms with Crippen molar-refractivity contribution in [1.29, 1.82) is 0 Å². The Morgan fingerprint density at radius 2 is 2.22 bits per heavy atom. The molecule has 2 unspecified atom stereocenters. The van der Waals surface area contributed by atoms with Crippen LogP contribution in [0.3, 0.4) is 0 Å². The lowest BCUT2D eigenvalue weighted by molar-refractivity contribution is 0.223. The summed E-state index contributed by atoms with van der Waals surface area (Å²) in [5.41, 5.74) is 1.10. The van der Waals surface area contributed by atoms with E-state index in [0.29, 0.717) is 13.1 Å². The Labute approximate surface area is 140 Å². The summed E-state index contributed by atoms with van der Waals surface area (Å²) in [7, 11) is -3.62. The fourth-order valence-electron chi connectivity index (χ4n) is 2.94. The summed E-state index contributed by atoms with van der Waals surface area (Å²) in [6.07, 6.45) is 3.12. The maximum Gasteiger partial charge on any atom is 0.262 e. The Morgan fingerprint density at radius 1 is 1.43 bits per heavy atom. The van der Waals surface area contributed by atoms with E-state index in [2.05, 4.69) is 4.98 Å². The van der Waals surface area contributed by atoms with Gasteiger partial charge in [0.1, 0.15) is 0 Å². The summed E-state index contributed by atoms with van der Waals surface area (Å²) in [4.78, 5) is 4.07. The third-order valence-electron chi connectivity index (χ3n) is 4.39. The molecule has 8 heteroatoms. The van der Waals surface area contributed by atoms with Crippen LogP contribution in [0.15, 0.2) is 34.4 Å². The van der Waals surface area contributed by atoms with Crippen molar-refractivity contribution in [2.75, 3.05) is 19.7 Å². The monoisotopic (exact) mass is 355 g/mol. The number of hydrogen-bond donors (Lipinski definition) is 1. The second-order valence-corrected chi connectivity index (χ2v) is 8.85. The molecule has 0 saturated carbocycles. The quantitative estimate of drug-likeness (QED) is 0.889. The first kappa shape index (κ1) is 16.6. The van der Waals surface area contributed by atoms with Crippen molar-refractivity contribution in [1.82, 2.24) is 13.9 Å². The van der Waals surface area contributed by atoms with Gasteiger partial charge in [-0.05, 0) is 36.2 Å². The minimum Gasteiger partial charge on any atom is -0.396 e. The summed E-state index contributed by atoms with van der Waals surface area (Å²) in [5, 5.41) is 13.7. The van der Waals surface area contributed by atoms with Gasteiger partial charge in [-0.25, -0.2) is 13.4 Å². The van der Waals surface area contributed by atoms with Crippen LogP contribution in [-0.4, -0.2) is 47.1 Å². The highest BCUT2D eigenvalue weighted by atomic mass is 32.2. The number of imidazole rings is 1. The molecule has 2 atom stereocenters. The Kier molecular flexibility index (Phi) is 4.59. The molecule has 126 valence electrons. The van der Waals surface area contributed by atoms with E-state index >= 15 is 0 Å². The number of rotatable bonds is 5. The van der Waals surface area contributed by atoms with Gasteiger partial charge in [0.25, 0.3) is 10.0 Å². The van der Waals surface area contributed by atoms with Crippen LogP contribution in [0.25, 0.3) is 0 Å². The molecule has 1 saturated heterocycles. The second kappa shape index (κ2) is 6.35. The van der Waals surface area contributed by atoms with E-state index in [1.807, 2.05) is 30.7 Å². The second-order valence-electron chi connectivity index (χ2n) is 6.18. The molecular formula is C15H21N3O3S2. The zero-order valence-electron chi connectivity index (χ0n) is 13.2. The van der Waals surface area contributed by atoms with Crippen molar-refractivity contribution in [3.05, 3.63) is 34.9 Å². The molecule has 1 fully saturated rings. The molecule has 1 aliphatic heterocycles. The highest BCUT2D eigenvalue weighted by Crippen LogP contribution is 2.36. The molecule has 0 bridgehead atoms. The maximum absolute atomic E-state index is 12.8. The van der Waals surface area contributed by atoms with Crippen LogP contribution < -0.4 is 0 Å². The third-order valence-corrected chi connectivity index (χ3v) is 6.81. The van der Waals surface area contributed by atoms with Gasteiger partial charge in [-0.1, -0.05) is 0 Å². The zero-order valence-corrected chi connectivity index (χ0v) is 14.8. The van der Waals surface area contributed by atoms with Crippen molar-refractivity contribution in [2.24, 2.45) is 5.92 Å². The number of nitrogens with zero attached hydrogens (tertiary/aromatic N) is 3. The molecule has 1 N–H and O–H groups in total. The predicted molar refractivity (Wildman–Crippen MR) is 89.0 cm³/mol. The number of aromatic nitrogens is 2. The molecule has 3 heterocycles. The molecule has 0 aromatic carbocycles. The van der Waals surface area contributed by atoms with Crippen molar-refractivity contribution in [3.63, 3.8) is 0 Å². The molecular weight excluding hydrogens is 334 g/mol. The van der Waals surface area contributed by atoms with Gasteiger partial charge in [0.15, 0.2) is 5.03 Å². The van der Waals surface area contributed by atoms with Crippen LogP contribution in [0, 0.1) is 5.92 Å². The average Bonchev–Trinajstić information content (AvgIpc) is 3.25. The van der Waals surface area contributed by atoms with E-state index in [9.17, 15) is 13.5 Å². The van der Waals surface area contributed by atoms with Crippen LogP contribution in [0.5, 0.6) is 0 Å². The lowest BCUT2D eigenvalue weighted by Crippen LogP contribution is -2.29. The SMILES string of the molecule is CC(C)n1cnc(S(=O)(=O)N2CC(CO)C(c3ccsc3)C2)c1. The number of aliphatic hydroxyl groups is 1. The zero-order chi connectivity index (χ0) is 16.6. The third kappa shape index (κ3) is 3.08. The lowest BCUT2D eigenvalue weighted by Gasteiger charge is -2.14. The van der Waals surface area contributed by atoms with Gasteiger partial charge in [-0.3, -0.25) is 0 Å². The van der Waals surface area contributed by atoms with Gasteiger partial charge in [0.2, 0.25) is 0 Å². The van der Waals surface area contributed by atoms with E-state index in [4.69, 9.17) is 0 Å². The highest BCUT2D eigenvalue weighted by molar-refractivity contribution is 7.89. The van der Waals surface area contributed by atoms with E-state index in [1.165, 1.54) is 4.31 Å². The van der Waals surface area contributed by atoms with Gasteiger partial charge in [0, 0.05) is 43.8 Å². The molecule has 0 spiro atoms. The van der Waals surface area contributed by atoms with Crippen LogP contribution in [0.2, 0.25) is 0 Å². The summed E-state index contributed by atoms with van der Waals surface area (Å²) in [6, 6.07) is 2.16. The molecule has 0 radical (unpaired) electrons. The Morgan fingerprint density at radius 3 is 2.78 bits per heavy atom. The topological polar surface area (TPSA) is 75.4 Å². The number of thiophene rings is 1. The fourth-order valence-corrected chi connectivity index (χ4v) is 5.11. The number of hydrogen-bond acceptors (Lipinski definition) is 5.